The molecular weight excluding hydrogens is 240 g/mol. The van der Waals surface area contributed by atoms with Crippen molar-refractivity contribution in [3.05, 3.63) is 23.2 Å². The quantitative estimate of drug-likeness (QED) is 0.756. The maximum Gasteiger partial charge on any atom is 0.289 e. The van der Waals surface area contributed by atoms with Gasteiger partial charge in [0, 0.05) is 31.7 Å². The monoisotopic (exact) mass is 256 g/mol. The lowest BCUT2D eigenvalue weighted by Gasteiger charge is -2.31. The molecule has 0 radical (unpaired) electrons. The standard InChI is InChI=1S/C12H17ClN2O2/c1-9-10(8-13)7-11(17-9)12(16)15-5-3-14(2)4-6-15/h7H,3-6,8H2,1-2H3. The van der Waals surface area contributed by atoms with Crippen LogP contribution in [-0.4, -0.2) is 48.9 Å². The molecule has 0 aliphatic carbocycles. The molecule has 0 atom stereocenters. The summed E-state index contributed by atoms with van der Waals surface area (Å²) in [6.07, 6.45) is 0. The third-order valence-corrected chi connectivity index (χ3v) is 3.45. The molecule has 0 saturated carbocycles. The Labute approximate surface area is 106 Å². The summed E-state index contributed by atoms with van der Waals surface area (Å²) in [6, 6.07) is 1.75. The number of carbonyl (C=O) groups excluding carboxylic acids is 1. The minimum atomic E-state index is -0.0300. The van der Waals surface area contributed by atoms with Crippen LogP contribution in [0.3, 0.4) is 0 Å². The fraction of sp³-hybridized carbons (Fsp3) is 0.583. The fourth-order valence-electron chi connectivity index (χ4n) is 1.92. The molecule has 0 aromatic carbocycles. The van der Waals surface area contributed by atoms with Crippen LogP contribution in [-0.2, 0) is 5.88 Å². The van der Waals surface area contributed by atoms with E-state index in [0.717, 1.165) is 37.5 Å². The van der Waals surface area contributed by atoms with E-state index in [4.69, 9.17) is 16.0 Å². The molecule has 2 heterocycles. The number of rotatable bonds is 2. The molecule has 0 spiro atoms. The van der Waals surface area contributed by atoms with Gasteiger partial charge < -0.3 is 14.2 Å². The Morgan fingerprint density at radius 1 is 1.41 bits per heavy atom. The lowest BCUT2D eigenvalue weighted by atomic mass is 10.2. The van der Waals surface area contributed by atoms with Gasteiger partial charge in [0.1, 0.15) is 5.76 Å². The van der Waals surface area contributed by atoms with Crippen molar-refractivity contribution < 1.29 is 9.21 Å². The lowest BCUT2D eigenvalue weighted by molar-refractivity contribution is 0.0631. The van der Waals surface area contributed by atoms with Gasteiger partial charge in [0.2, 0.25) is 0 Å². The minimum absolute atomic E-state index is 0.0300. The Bertz CT molecular complexity index is 409. The van der Waals surface area contributed by atoms with Gasteiger partial charge in [0.15, 0.2) is 5.76 Å². The van der Waals surface area contributed by atoms with Crippen molar-refractivity contribution in [2.24, 2.45) is 0 Å². The van der Waals surface area contributed by atoms with Crippen molar-refractivity contribution in [1.82, 2.24) is 9.80 Å². The van der Waals surface area contributed by atoms with E-state index in [1.54, 1.807) is 6.07 Å². The van der Waals surface area contributed by atoms with Gasteiger partial charge in [-0.3, -0.25) is 4.79 Å². The topological polar surface area (TPSA) is 36.7 Å². The zero-order valence-electron chi connectivity index (χ0n) is 10.2. The first-order valence-corrected chi connectivity index (χ1v) is 6.28. The average Bonchev–Trinajstić information content (AvgIpc) is 2.70. The molecule has 0 unspecified atom stereocenters. The van der Waals surface area contributed by atoms with Gasteiger partial charge in [-0.15, -0.1) is 11.6 Å². The van der Waals surface area contributed by atoms with Crippen LogP contribution in [0.25, 0.3) is 0 Å². The number of hydrogen-bond acceptors (Lipinski definition) is 3. The molecule has 1 saturated heterocycles. The number of amides is 1. The number of aryl methyl sites for hydroxylation is 1. The summed E-state index contributed by atoms with van der Waals surface area (Å²) in [4.78, 5) is 16.2. The van der Waals surface area contributed by atoms with Crippen LogP contribution >= 0.6 is 11.6 Å². The highest BCUT2D eigenvalue weighted by Crippen LogP contribution is 2.18. The predicted molar refractivity (Wildman–Crippen MR) is 66.4 cm³/mol. The van der Waals surface area contributed by atoms with Crippen molar-refractivity contribution in [2.75, 3.05) is 33.2 Å². The van der Waals surface area contributed by atoms with Gasteiger partial charge in [-0.1, -0.05) is 0 Å². The highest BCUT2D eigenvalue weighted by molar-refractivity contribution is 6.17. The lowest BCUT2D eigenvalue weighted by Crippen LogP contribution is -2.47. The number of hydrogen-bond donors (Lipinski definition) is 0. The Hall–Kier alpha value is -1.00. The van der Waals surface area contributed by atoms with Crippen molar-refractivity contribution in [2.45, 2.75) is 12.8 Å². The molecule has 4 nitrogen and oxygen atoms in total. The Balaban J connectivity index is 2.08. The number of halogens is 1. The minimum Gasteiger partial charge on any atom is -0.456 e. The molecular formula is C12H17ClN2O2. The molecule has 5 heteroatoms. The molecule has 94 valence electrons. The van der Waals surface area contributed by atoms with E-state index in [1.807, 2.05) is 11.8 Å². The van der Waals surface area contributed by atoms with Crippen LogP contribution in [0.1, 0.15) is 21.9 Å². The summed E-state index contributed by atoms with van der Waals surface area (Å²) in [5.74, 6) is 1.49. The Morgan fingerprint density at radius 3 is 2.59 bits per heavy atom. The first-order valence-electron chi connectivity index (χ1n) is 5.75. The summed E-state index contributed by atoms with van der Waals surface area (Å²) in [5, 5.41) is 0. The van der Waals surface area contributed by atoms with Crippen molar-refractivity contribution in [3.8, 4) is 0 Å². The number of nitrogens with zero attached hydrogens (tertiary/aromatic N) is 2. The fourth-order valence-corrected chi connectivity index (χ4v) is 2.19. The van der Waals surface area contributed by atoms with E-state index in [2.05, 4.69) is 11.9 Å². The van der Waals surface area contributed by atoms with Crippen molar-refractivity contribution in [1.29, 1.82) is 0 Å². The van der Waals surface area contributed by atoms with E-state index in [0.29, 0.717) is 11.6 Å². The van der Waals surface area contributed by atoms with Crippen LogP contribution in [0.4, 0.5) is 0 Å². The second kappa shape index (κ2) is 5.10. The van der Waals surface area contributed by atoms with Crippen LogP contribution in [0, 0.1) is 6.92 Å². The summed E-state index contributed by atoms with van der Waals surface area (Å²) in [6.45, 7) is 5.16. The molecule has 1 amide bonds. The zero-order valence-corrected chi connectivity index (χ0v) is 11.0. The first kappa shape index (κ1) is 12.5. The second-order valence-corrected chi connectivity index (χ2v) is 4.69. The van der Waals surface area contributed by atoms with E-state index < -0.39 is 0 Å². The van der Waals surface area contributed by atoms with E-state index >= 15 is 0 Å². The molecule has 2 rings (SSSR count). The smallest absolute Gasteiger partial charge is 0.289 e. The maximum absolute atomic E-state index is 12.2. The molecule has 1 aliphatic heterocycles. The molecule has 0 N–H and O–H groups in total. The third kappa shape index (κ3) is 2.64. The van der Waals surface area contributed by atoms with E-state index in [9.17, 15) is 4.79 Å². The van der Waals surface area contributed by atoms with Crippen LogP contribution in [0.5, 0.6) is 0 Å². The van der Waals surface area contributed by atoms with E-state index in [-0.39, 0.29) is 5.91 Å². The number of likely N-dealkylation sites (N-methyl/N-ethyl adjacent to an activating group) is 1. The SMILES string of the molecule is Cc1oc(C(=O)N2CCN(C)CC2)cc1CCl. The number of furan rings is 1. The molecule has 1 fully saturated rings. The highest BCUT2D eigenvalue weighted by Gasteiger charge is 2.23. The summed E-state index contributed by atoms with van der Waals surface area (Å²) >= 11 is 5.76. The van der Waals surface area contributed by atoms with Crippen molar-refractivity contribution >= 4 is 17.5 Å². The Kier molecular flexibility index (Phi) is 3.74. The van der Waals surface area contributed by atoms with Crippen molar-refractivity contribution in [3.63, 3.8) is 0 Å². The van der Waals surface area contributed by atoms with Crippen LogP contribution < -0.4 is 0 Å². The van der Waals surface area contributed by atoms with Gasteiger partial charge in [0.05, 0.1) is 5.88 Å². The zero-order chi connectivity index (χ0) is 12.4. The van der Waals surface area contributed by atoms with Gasteiger partial charge >= 0.3 is 0 Å². The highest BCUT2D eigenvalue weighted by atomic mass is 35.5. The van der Waals surface area contributed by atoms with Crippen LogP contribution in [0.2, 0.25) is 0 Å². The number of carbonyl (C=O) groups is 1. The van der Waals surface area contributed by atoms with Gasteiger partial charge in [-0.25, -0.2) is 0 Å². The molecule has 1 aromatic rings. The third-order valence-electron chi connectivity index (χ3n) is 3.17. The molecule has 0 bridgehead atoms. The summed E-state index contributed by atoms with van der Waals surface area (Å²) in [7, 11) is 2.06. The van der Waals surface area contributed by atoms with Gasteiger partial charge in [-0.2, -0.15) is 0 Å². The largest absolute Gasteiger partial charge is 0.456 e. The normalized spacial score (nSPS) is 17.5. The maximum atomic E-state index is 12.2. The first-order chi connectivity index (χ1) is 8.11. The number of alkyl halides is 1. The second-order valence-electron chi connectivity index (χ2n) is 4.42. The predicted octanol–water partition coefficient (Wildman–Crippen LogP) is 1.71. The Morgan fingerprint density at radius 2 is 2.06 bits per heavy atom. The number of piperazine rings is 1. The van der Waals surface area contributed by atoms with Crippen LogP contribution in [0.15, 0.2) is 10.5 Å². The molecule has 17 heavy (non-hydrogen) atoms. The molecule has 1 aromatic heterocycles. The average molecular weight is 257 g/mol. The van der Waals surface area contributed by atoms with E-state index in [1.165, 1.54) is 0 Å². The summed E-state index contributed by atoms with van der Waals surface area (Å²) in [5.41, 5.74) is 0.893. The summed E-state index contributed by atoms with van der Waals surface area (Å²) < 4.78 is 5.46. The van der Waals surface area contributed by atoms with Gasteiger partial charge in [-0.05, 0) is 20.0 Å². The van der Waals surface area contributed by atoms with Gasteiger partial charge in [0.25, 0.3) is 5.91 Å². The molecule has 1 aliphatic rings.